The maximum Gasteiger partial charge on any atom is 0.172 e. The highest BCUT2D eigenvalue weighted by Crippen LogP contribution is 2.56. The Morgan fingerprint density at radius 3 is 2.70 bits per heavy atom. The van der Waals surface area contributed by atoms with E-state index in [0.29, 0.717) is 17.6 Å². The Kier molecular flexibility index (Phi) is 4.49. The van der Waals surface area contributed by atoms with E-state index in [4.69, 9.17) is 9.47 Å². The number of benzene rings is 2. The number of phenolic OH excluding ortho intramolecular Hbond substituents is 1. The van der Waals surface area contributed by atoms with Crippen molar-refractivity contribution < 1.29 is 14.6 Å². The molecule has 158 valence electrons. The van der Waals surface area contributed by atoms with Crippen molar-refractivity contribution in [2.24, 2.45) is 5.92 Å². The van der Waals surface area contributed by atoms with Crippen molar-refractivity contribution in [3.05, 3.63) is 47.5 Å². The molecule has 2 heterocycles. The van der Waals surface area contributed by atoms with Gasteiger partial charge in [-0.25, -0.2) is 0 Å². The zero-order chi connectivity index (χ0) is 21.0. The lowest BCUT2D eigenvalue weighted by molar-refractivity contribution is 0.123. The molecule has 2 aromatic rings. The summed E-state index contributed by atoms with van der Waals surface area (Å²) in [5, 5.41) is 14.2. The summed E-state index contributed by atoms with van der Waals surface area (Å²) in [6, 6.07) is 7.93. The number of hydrogen-bond acceptors (Lipinski definition) is 4. The maximum atomic E-state index is 10.5. The van der Waals surface area contributed by atoms with Gasteiger partial charge in [0, 0.05) is 22.7 Å². The first-order valence-electron chi connectivity index (χ1n) is 11.1. The summed E-state index contributed by atoms with van der Waals surface area (Å²) in [6.07, 6.45) is 8.91. The minimum absolute atomic E-state index is 0.00658. The molecule has 0 radical (unpaired) electrons. The first-order chi connectivity index (χ1) is 14.4. The van der Waals surface area contributed by atoms with Crippen molar-refractivity contribution in [1.82, 2.24) is 0 Å². The molecular formula is C26H31NO3. The average Bonchev–Trinajstić information content (AvgIpc) is 2.72. The van der Waals surface area contributed by atoms with Crippen LogP contribution in [-0.2, 0) is 0 Å². The van der Waals surface area contributed by atoms with Crippen molar-refractivity contribution in [2.75, 3.05) is 12.4 Å². The molecule has 0 bridgehead atoms. The van der Waals surface area contributed by atoms with E-state index < -0.39 is 0 Å². The van der Waals surface area contributed by atoms with Gasteiger partial charge in [0.25, 0.3) is 0 Å². The Labute approximate surface area is 178 Å². The van der Waals surface area contributed by atoms with Gasteiger partial charge in [0.2, 0.25) is 0 Å². The summed E-state index contributed by atoms with van der Waals surface area (Å²) in [5.41, 5.74) is 5.92. The van der Waals surface area contributed by atoms with Crippen molar-refractivity contribution >= 4 is 5.69 Å². The lowest BCUT2D eigenvalue weighted by atomic mass is 9.73. The van der Waals surface area contributed by atoms with Gasteiger partial charge in [0.15, 0.2) is 11.5 Å². The van der Waals surface area contributed by atoms with Gasteiger partial charge >= 0.3 is 0 Å². The third-order valence-electron chi connectivity index (χ3n) is 6.92. The summed E-state index contributed by atoms with van der Waals surface area (Å²) in [7, 11) is 1.61. The number of phenols is 1. The fourth-order valence-electron chi connectivity index (χ4n) is 5.82. The lowest BCUT2D eigenvalue weighted by Crippen LogP contribution is -2.38. The molecule has 30 heavy (non-hydrogen) atoms. The predicted octanol–water partition coefficient (Wildman–Crippen LogP) is 6.56. The molecular weight excluding hydrogens is 374 g/mol. The standard InChI is InChI=1S/C26H31NO3/c1-15-14-26(2,3)27-18-11-10-17-22-20(13-12-19(28)25(22)29-4)30-24(23(17)21(15)18)16-8-6-5-7-9-16/h5-6,10-13,15-16,24,27-28H,7-9,14H2,1-4H3. The van der Waals surface area contributed by atoms with Crippen LogP contribution >= 0.6 is 0 Å². The summed E-state index contributed by atoms with van der Waals surface area (Å²) in [6.45, 7) is 6.86. The van der Waals surface area contributed by atoms with Gasteiger partial charge in [-0.3, -0.25) is 0 Å². The molecule has 3 atom stereocenters. The summed E-state index contributed by atoms with van der Waals surface area (Å²) >= 11 is 0. The molecule has 0 saturated carbocycles. The molecule has 4 heteroatoms. The van der Waals surface area contributed by atoms with Crippen molar-refractivity contribution in [1.29, 1.82) is 0 Å². The molecule has 3 unspecified atom stereocenters. The second kappa shape index (κ2) is 6.97. The zero-order valence-corrected chi connectivity index (χ0v) is 18.3. The molecule has 0 aromatic heterocycles. The van der Waals surface area contributed by atoms with Crippen molar-refractivity contribution in [3.8, 4) is 28.4 Å². The van der Waals surface area contributed by atoms with Gasteiger partial charge in [-0.05, 0) is 74.8 Å². The number of fused-ring (bicyclic) bond motifs is 5. The summed E-state index contributed by atoms with van der Waals surface area (Å²) in [5.74, 6) is 2.30. The van der Waals surface area contributed by atoms with Gasteiger partial charge in [0.05, 0.1) is 12.7 Å². The molecule has 0 amide bonds. The summed E-state index contributed by atoms with van der Waals surface area (Å²) < 4.78 is 12.3. The SMILES string of the molecule is COc1c(O)ccc2c1-c1ccc3c(c1C(C1CC=CCC1)O2)C(C)CC(C)(C)N3. The normalized spacial score (nSPS) is 25.9. The number of ether oxygens (including phenoxy) is 2. The minimum Gasteiger partial charge on any atom is -0.504 e. The van der Waals surface area contributed by atoms with E-state index in [0.717, 1.165) is 42.6 Å². The number of allylic oxidation sites excluding steroid dienone is 2. The van der Waals surface area contributed by atoms with Gasteiger partial charge in [-0.15, -0.1) is 0 Å². The van der Waals surface area contributed by atoms with Crippen molar-refractivity contribution in [2.45, 2.75) is 64.0 Å². The van der Waals surface area contributed by atoms with E-state index in [1.165, 1.54) is 16.8 Å². The van der Waals surface area contributed by atoms with Gasteiger partial charge in [-0.1, -0.05) is 25.1 Å². The largest absolute Gasteiger partial charge is 0.504 e. The van der Waals surface area contributed by atoms with Crippen LogP contribution in [0.5, 0.6) is 17.2 Å². The van der Waals surface area contributed by atoms with E-state index in [1.54, 1.807) is 13.2 Å². The Bertz CT molecular complexity index is 1020. The molecule has 3 aliphatic rings. The molecule has 0 saturated heterocycles. The molecule has 5 rings (SSSR count). The van der Waals surface area contributed by atoms with Crippen LogP contribution in [0.25, 0.3) is 11.1 Å². The van der Waals surface area contributed by atoms with Gasteiger partial charge in [0.1, 0.15) is 11.9 Å². The van der Waals surface area contributed by atoms with E-state index in [2.05, 4.69) is 50.4 Å². The number of rotatable bonds is 2. The first kappa shape index (κ1) is 19.3. The molecule has 2 aliphatic heterocycles. The Morgan fingerprint density at radius 1 is 1.13 bits per heavy atom. The molecule has 0 spiro atoms. The van der Waals surface area contributed by atoms with Crippen LogP contribution in [0.4, 0.5) is 5.69 Å². The molecule has 2 aromatic carbocycles. The Balaban J connectivity index is 1.77. The fraction of sp³-hybridized carbons (Fsp3) is 0.462. The lowest BCUT2D eigenvalue weighted by Gasteiger charge is -2.43. The van der Waals surface area contributed by atoms with Crippen LogP contribution in [0.15, 0.2) is 36.4 Å². The maximum absolute atomic E-state index is 10.5. The number of anilines is 1. The van der Waals surface area contributed by atoms with Crippen molar-refractivity contribution in [3.63, 3.8) is 0 Å². The third-order valence-corrected chi connectivity index (χ3v) is 6.92. The van der Waals surface area contributed by atoms with E-state index in [-0.39, 0.29) is 17.4 Å². The van der Waals surface area contributed by atoms with E-state index >= 15 is 0 Å². The van der Waals surface area contributed by atoms with Crippen LogP contribution in [0, 0.1) is 5.92 Å². The number of methoxy groups -OCH3 is 1. The zero-order valence-electron chi connectivity index (χ0n) is 18.3. The topological polar surface area (TPSA) is 50.7 Å². The van der Waals surface area contributed by atoms with Crippen LogP contribution in [0.2, 0.25) is 0 Å². The quantitative estimate of drug-likeness (QED) is 0.556. The number of aromatic hydroxyl groups is 1. The first-order valence-corrected chi connectivity index (χ1v) is 11.1. The number of hydrogen-bond donors (Lipinski definition) is 2. The highest BCUT2D eigenvalue weighted by molar-refractivity contribution is 5.86. The molecule has 0 fully saturated rings. The minimum atomic E-state index is 0.00658. The van der Waals surface area contributed by atoms with Crippen LogP contribution in [0.1, 0.15) is 69.6 Å². The molecule has 4 nitrogen and oxygen atoms in total. The van der Waals surface area contributed by atoms with Crippen LogP contribution in [-0.4, -0.2) is 17.8 Å². The van der Waals surface area contributed by atoms with Crippen LogP contribution in [0.3, 0.4) is 0 Å². The Morgan fingerprint density at radius 2 is 1.97 bits per heavy atom. The van der Waals surface area contributed by atoms with E-state index in [1.807, 2.05) is 6.07 Å². The van der Waals surface area contributed by atoms with Gasteiger partial charge in [-0.2, -0.15) is 0 Å². The highest BCUT2D eigenvalue weighted by atomic mass is 16.5. The van der Waals surface area contributed by atoms with E-state index in [9.17, 15) is 5.11 Å². The average molecular weight is 406 g/mol. The number of nitrogens with one attached hydrogen (secondary N) is 1. The third kappa shape index (κ3) is 2.96. The van der Waals surface area contributed by atoms with Crippen LogP contribution < -0.4 is 14.8 Å². The van der Waals surface area contributed by atoms with Gasteiger partial charge < -0.3 is 19.9 Å². The monoisotopic (exact) mass is 405 g/mol. The highest BCUT2D eigenvalue weighted by Gasteiger charge is 2.40. The molecule has 1 aliphatic carbocycles. The fourth-order valence-corrected chi connectivity index (χ4v) is 5.82. The second-order valence-corrected chi connectivity index (χ2v) is 9.68. The predicted molar refractivity (Wildman–Crippen MR) is 121 cm³/mol. The molecule has 2 N–H and O–H groups in total. The summed E-state index contributed by atoms with van der Waals surface area (Å²) in [4.78, 5) is 0. The smallest absolute Gasteiger partial charge is 0.172 e. The second-order valence-electron chi connectivity index (χ2n) is 9.68. The Hall–Kier alpha value is -2.62.